The van der Waals surface area contributed by atoms with E-state index in [2.05, 4.69) is 26.2 Å². The molecular formula is C14H28Cl2O3Si2. The molecule has 0 radical (unpaired) electrons. The average Bonchev–Trinajstić information content (AvgIpc) is 2.37. The molecule has 0 rings (SSSR count). The third-order valence-electron chi connectivity index (χ3n) is 3.45. The number of carbonyl (C=O) groups is 2. The molecule has 0 aromatic carbocycles. The van der Waals surface area contributed by atoms with Crippen molar-refractivity contribution in [3.05, 3.63) is 0 Å². The Kier molecular flexibility index (Phi) is 8.76. The molecule has 0 aliphatic heterocycles. The van der Waals surface area contributed by atoms with E-state index in [1.807, 2.05) is 0 Å². The van der Waals surface area contributed by atoms with Crippen molar-refractivity contribution in [3.63, 3.8) is 0 Å². The Morgan fingerprint density at radius 1 is 0.857 bits per heavy atom. The zero-order valence-corrected chi connectivity index (χ0v) is 17.5. The van der Waals surface area contributed by atoms with Gasteiger partial charge in [0.1, 0.15) is 0 Å². The van der Waals surface area contributed by atoms with Crippen LogP contribution < -0.4 is 0 Å². The predicted octanol–water partition coefficient (Wildman–Crippen LogP) is 4.30. The summed E-state index contributed by atoms with van der Waals surface area (Å²) in [5.41, 5.74) is 1.20. The summed E-state index contributed by atoms with van der Waals surface area (Å²) in [5, 5.41) is 0. The Hall–Kier alpha value is 0.154. The van der Waals surface area contributed by atoms with Gasteiger partial charge in [-0.3, -0.25) is 9.59 Å². The third kappa shape index (κ3) is 8.38. The number of hydrogen-bond acceptors (Lipinski definition) is 3. The molecule has 0 spiro atoms. The lowest BCUT2D eigenvalue weighted by molar-refractivity contribution is -0.164. The molecule has 0 saturated carbocycles. The molecule has 0 N–H and O–H groups in total. The summed E-state index contributed by atoms with van der Waals surface area (Å²) in [5.74, 6) is -1.41. The van der Waals surface area contributed by atoms with E-state index in [0.717, 1.165) is 12.1 Å². The number of hydrogen-bond donors (Lipinski definition) is 0. The van der Waals surface area contributed by atoms with Crippen molar-refractivity contribution < 1.29 is 14.3 Å². The molecule has 0 bridgehead atoms. The van der Waals surface area contributed by atoms with Crippen LogP contribution in [-0.4, -0.2) is 39.1 Å². The van der Waals surface area contributed by atoms with Gasteiger partial charge in [0.2, 0.25) is 0 Å². The fourth-order valence-corrected chi connectivity index (χ4v) is 6.76. The molecule has 2 unspecified atom stereocenters. The second-order valence-electron chi connectivity index (χ2n) is 7.55. The number of ether oxygens (including phenoxy) is 1. The van der Waals surface area contributed by atoms with Gasteiger partial charge in [0.05, 0.1) is 28.0 Å². The first-order valence-electron chi connectivity index (χ1n) is 7.31. The van der Waals surface area contributed by atoms with Crippen molar-refractivity contribution in [2.75, 3.05) is 11.0 Å². The van der Waals surface area contributed by atoms with Crippen LogP contribution in [-0.2, 0) is 14.3 Å². The second kappa shape index (κ2) is 8.70. The van der Waals surface area contributed by atoms with Crippen LogP contribution in [0.5, 0.6) is 0 Å². The largest absolute Gasteiger partial charge is 0.393 e. The van der Waals surface area contributed by atoms with E-state index in [4.69, 9.17) is 27.9 Å². The van der Waals surface area contributed by atoms with Gasteiger partial charge in [0.15, 0.2) is 0 Å². The van der Waals surface area contributed by atoms with Gasteiger partial charge in [0.25, 0.3) is 0 Å². The van der Waals surface area contributed by atoms with Crippen LogP contribution in [0.3, 0.4) is 0 Å². The highest BCUT2D eigenvalue weighted by atomic mass is 35.5. The lowest BCUT2D eigenvalue weighted by atomic mass is 10.2. The highest BCUT2D eigenvalue weighted by Gasteiger charge is 2.31. The van der Waals surface area contributed by atoms with Gasteiger partial charge in [-0.2, -0.15) is 0 Å². The molecule has 0 amide bonds. The maximum absolute atomic E-state index is 12.0. The number of rotatable bonds is 8. The molecule has 0 aliphatic carbocycles. The minimum absolute atomic E-state index is 0.278. The van der Waals surface area contributed by atoms with Crippen molar-refractivity contribution in [3.8, 4) is 0 Å². The summed E-state index contributed by atoms with van der Waals surface area (Å²) in [6, 6.07) is 1.47. The zero-order valence-electron chi connectivity index (χ0n) is 14.0. The predicted molar refractivity (Wildman–Crippen MR) is 95.4 cm³/mol. The van der Waals surface area contributed by atoms with E-state index >= 15 is 0 Å². The number of carbonyl (C=O) groups excluding carboxylic acids is 2. The van der Waals surface area contributed by atoms with E-state index in [1.54, 1.807) is 13.8 Å². The molecule has 0 aliphatic rings. The second-order valence-corrected chi connectivity index (χ2v) is 19.2. The minimum atomic E-state index is -1.58. The first kappa shape index (κ1) is 21.2. The van der Waals surface area contributed by atoms with Gasteiger partial charge in [-0.25, -0.2) is 0 Å². The van der Waals surface area contributed by atoms with Crippen molar-refractivity contribution >= 4 is 51.3 Å². The molecule has 0 heterocycles. The van der Waals surface area contributed by atoms with Crippen LogP contribution in [0.2, 0.25) is 38.3 Å². The Morgan fingerprint density at radius 3 is 1.38 bits per heavy atom. The summed E-state index contributed by atoms with van der Waals surface area (Å²) in [6.07, 6.45) is 0. The van der Waals surface area contributed by atoms with Gasteiger partial charge in [-0.1, -0.05) is 40.0 Å². The Labute approximate surface area is 140 Å². The summed E-state index contributed by atoms with van der Waals surface area (Å²) in [6.45, 7) is 12.1. The molecule has 0 saturated heterocycles. The van der Waals surface area contributed by atoms with E-state index in [-0.39, 0.29) is 11.8 Å². The van der Waals surface area contributed by atoms with Crippen molar-refractivity contribution in [2.24, 2.45) is 11.8 Å². The van der Waals surface area contributed by atoms with Gasteiger partial charge in [-0.15, -0.1) is 23.2 Å². The van der Waals surface area contributed by atoms with E-state index in [9.17, 15) is 9.59 Å². The van der Waals surface area contributed by atoms with Gasteiger partial charge in [-0.05, 0) is 12.1 Å². The average molecular weight is 371 g/mol. The molecule has 124 valence electrons. The lowest BCUT2D eigenvalue weighted by Crippen LogP contribution is -2.36. The molecule has 0 aromatic heterocycles. The van der Waals surface area contributed by atoms with Crippen LogP contribution >= 0.6 is 23.2 Å². The summed E-state index contributed by atoms with van der Waals surface area (Å²) in [7, 11) is -3.17. The van der Waals surface area contributed by atoms with Gasteiger partial charge in [0, 0.05) is 11.0 Å². The summed E-state index contributed by atoms with van der Waals surface area (Å²) in [4.78, 5) is 24.0. The Morgan fingerprint density at radius 2 is 1.14 bits per heavy atom. The van der Waals surface area contributed by atoms with Gasteiger partial charge < -0.3 is 4.74 Å². The summed E-state index contributed by atoms with van der Waals surface area (Å²) >= 11 is 11.8. The summed E-state index contributed by atoms with van der Waals surface area (Å²) < 4.78 is 5.04. The quantitative estimate of drug-likeness (QED) is 0.276. The van der Waals surface area contributed by atoms with E-state index in [0.29, 0.717) is 11.0 Å². The highest BCUT2D eigenvalue weighted by Crippen LogP contribution is 2.22. The molecule has 21 heavy (non-hydrogen) atoms. The minimum Gasteiger partial charge on any atom is -0.393 e. The normalized spacial score (nSPS) is 15.4. The molecule has 2 atom stereocenters. The molecule has 0 aromatic rings. The smallest absolute Gasteiger partial charge is 0.316 e. The molecule has 0 fully saturated rings. The fourth-order valence-electron chi connectivity index (χ4n) is 2.23. The lowest BCUT2D eigenvalue weighted by Gasteiger charge is -2.24. The van der Waals surface area contributed by atoms with Crippen molar-refractivity contribution in [1.82, 2.24) is 0 Å². The van der Waals surface area contributed by atoms with Gasteiger partial charge >= 0.3 is 11.9 Å². The first-order chi connectivity index (χ1) is 9.44. The first-order valence-corrected chi connectivity index (χ1v) is 15.2. The van der Waals surface area contributed by atoms with Crippen LogP contribution in [0.15, 0.2) is 0 Å². The molecule has 3 nitrogen and oxygen atoms in total. The van der Waals surface area contributed by atoms with E-state index in [1.165, 1.54) is 0 Å². The van der Waals surface area contributed by atoms with Crippen molar-refractivity contribution in [1.29, 1.82) is 0 Å². The molecular weight excluding hydrogens is 343 g/mol. The third-order valence-corrected chi connectivity index (χ3v) is 12.7. The van der Waals surface area contributed by atoms with Crippen molar-refractivity contribution in [2.45, 2.75) is 52.1 Å². The van der Waals surface area contributed by atoms with Crippen LogP contribution in [0.1, 0.15) is 13.8 Å². The monoisotopic (exact) mass is 370 g/mol. The van der Waals surface area contributed by atoms with Crippen LogP contribution in [0.4, 0.5) is 0 Å². The number of alkyl halides is 2. The number of esters is 2. The Balaban J connectivity index is 4.47. The van der Waals surface area contributed by atoms with E-state index < -0.39 is 28.1 Å². The van der Waals surface area contributed by atoms with Crippen LogP contribution in [0.25, 0.3) is 0 Å². The maximum Gasteiger partial charge on any atom is 0.316 e. The Bertz CT molecular complexity index is 339. The topological polar surface area (TPSA) is 43.4 Å². The number of halogens is 2. The fraction of sp³-hybridized carbons (Fsp3) is 0.857. The highest BCUT2D eigenvalue weighted by molar-refractivity contribution is 6.83. The zero-order chi connectivity index (χ0) is 16.8. The SMILES string of the molecule is CC(C[Si](C)(C)CCl)C(=O)OC(=O)C(C)C[Si](C)(C)CCl. The molecule has 7 heteroatoms. The van der Waals surface area contributed by atoms with Crippen LogP contribution in [0, 0.1) is 11.8 Å². The standard InChI is InChI=1S/C14H28Cl2O3Si2/c1-11(7-20(3,4)9-15)13(17)19-14(18)12(2)8-21(5,6)10-16/h11-12H,7-10H2,1-6H3. The maximum atomic E-state index is 12.0.